The normalized spacial score (nSPS) is 15.1. The van der Waals surface area contributed by atoms with Gasteiger partial charge in [-0.05, 0) is 116 Å². The lowest BCUT2D eigenvalue weighted by Crippen LogP contribution is -2.36. The molecule has 7 aromatic rings. The maximum Gasteiger partial charge on any atom is 0.248 e. The van der Waals surface area contributed by atoms with Gasteiger partial charge in [-0.25, -0.2) is 0 Å². The van der Waals surface area contributed by atoms with Crippen molar-refractivity contribution in [1.29, 1.82) is 0 Å². The van der Waals surface area contributed by atoms with Crippen LogP contribution in [-0.2, 0) is 19.4 Å². The zero-order valence-corrected chi connectivity index (χ0v) is 37.4. The number of amides is 2. The van der Waals surface area contributed by atoms with Gasteiger partial charge in [0.15, 0.2) is 0 Å². The Labute approximate surface area is 380 Å². The average Bonchev–Trinajstić information content (AvgIpc) is 3.97. The fourth-order valence-corrected chi connectivity index (χ4v) is 9.47. The van der Waals surface area contributed by atoms with Crippen LogP contribution in [0.25, 0.3) is 21.8 Å². The van der Waals surface area contributed by atoms with Crippen molar-refractivity contribution in [1.82, 2.24) is 18.9 Å². The quantitative estimate of drug-likeness (QED) is 0.0928. The molecule has 4 heterocycles. The van der Waals surface area contributed by atoms with Gasteiger partial charge >= 0.3 is 0 Å². The van der Waals surface area contributed by atoms with Crippen LogP contribution in [0.15, 0.2) is 128 Å². The summed E-state index contributed by atoms with van der Waals surface area (Å²) in [5.41, 5.74) is 17.3. The summed E-state index contributed by atoms with van der Waals surface area (Å²) in [5.74, 6) is 2.01. The van der Waals surface area contributed by atoms with Gasteiger partial charge in [-0.1, -0.05) is 54.6 Å². The monoisotopic (exact) mass is 876 g/mol. The molecule has 12 nitrogen and oxygen atoms in total. The number of benzene rings is 5. The summed E-state index contributed by atoms with van der Waals surface area (Å²) < 4.78 is 21.9. The number of carbonyl (C=O) groups excluding carboxylic acids is 2. The van der Waals surface area contributed by atoms with Gasteiger partial charge in [0.25, 0.3) is 0 Å². The van der Waals surface area contributed by atoms with Crippen molar-refractivity contribution in [2.45, 2.75) is 57.2 Å². The van der Waals surface area contributed by atoms with Crippen LogP contribution in [0.4, 0.5) is 0 Å². The Kier molecular flexibility index (Phi) is 14.4. The number of phenols is 1. The van der Waals surface area contributed by atoms with Crippen LogP contribution in [0.1, 0.15) is 75.2 Å². The van der Waals surface area contributed by atoms with Gasteiger partial charge in [-0.3, -0.25) is 9.59 Å². The number of primary amides is 2. The first kappa shape index (κ1) is 44.8. The summed E-state index contributed by atoms with van der Waals surface area (Å²) >= 11 is 0. The number of aromatic nitrogens is 2. The summed E-state index contributed by atoms with van der Waals surface area (Å²) in [4.78, 5) is 28.1. The van der Waals surface area contributed by atoms with Gasteiger partial charge in [0.05, 0.1) is 14.2 Å². The van der Waals surface area contributed by atoms with Crippen LogP contribution in [0.5, 0.6) is 23.0 Å². The van der Waals surface area contributed by atoms with E-state index in [1.807, 2.05) is 66.7 Å². The second kappa shape index (κ2) is 20.8. The predicted molar refractivity (Wildman–Crippen MR) is 256 cm³/mol. The van der Waals surface area contributed by atoms with E-state index >= 15 is 0 Å². The van der Waals surface area contributed by atoms with Crippen LogP contribution in [-0.4, -0.2) is 89.3 Å². The summed E-state index contributed by atoms with van der Waals surface area (Å²) in [6.45, 7) is 6.41. The number of hydrogen-bond donors (Lipinski definition) is 3. The molecule has 0 saturated carbocycles. The summed E-state index contributed by atoms with van der Waals surface area (Å²) in [7, 11) is 3.35. The highest BCUT2D eigenvalue weighted by atomic mass is 16.5. The number of methoxy groups -OCH3 is 2. The lowest BCUT2D eigenvalue weighted by molar-refractivity contribution is 0.0992. The van der Waals surface area contributed by atoms with E-state index in [2.05, 4.69) is 55.6 Å². The standard InChI is InChI=1S/C30H33N3O3.C23H27N3O3/c1-35-28-8-5-9-29(36-21-22-6-3-2-4-7-22)26(28)15-18-32-16-13-25(14-17-32)33-19-12-23-10-11-24(30(31)34)20-27(23)33;1-29-22-4-2-3-21(27)19(22)10-13-25-11-8-18(9-12-25)26-14-7-16-5-6-17(23(24)28)15-20(16)26/h2-12,19-20,25H,13-18,21H2,1H3,(H2,31,34);2-7,14-15,18,27H,8-13H2,1H3,(H2,24,28). The number of nitrogens with zero attached hydrogens (tertiary/aromatic N) is 4. The van der Waals surface area contributed by atoms with Crippen molar-refractivity contribution in [3.63, 3.8) is 0 Å². The molecule has 0 aliphatic carbocycles. The fourth-order valence-electron chi connectivity index (χ4n) is 9.47. The van der Waals surface area contributed by atoms with Crippen LogP contribution in [0.2, 0.25) is 0 Å². The van der Waals surface area contributed by atoms with Crippen LogP contribution in [0.3, 0.4) is 0 Å². The molecule has 2 saturated heterocycles. The van der Waals surface area contributed by atoms with Crippen LogP contribution < -0.4 is 25.7 Å². The summed E-state index contributed by atoms with van der Waals surface area (Å²) in [5, 5.41) is 12.4. The smallest absolute Gasteiger partial charge is 0.248 e. The van der Waals surface area contributed by atoms with E-state index in [1.165, 1.54) is 0 Å². The number of likely N-dealkylation sites (tertiary alicyclic amines) is 2. The highest BCUT2D eigenvalue weighted by Gasteiger charge is 2.24. The first-order valence-electron chi connectivity index (χ1n) is 22.6. The summed E-state index contributed by atoms with van der Waals surface area (Å²) in [6.07, 6.45) is 10.1. The maximum absolute atomic E-state index is 11.7. The van der Waals surface area contributed by atoms with E-state index < -0.39 is 5.91 Å². The minimum absolute atomic E-state index is 0.295. The molecule has 2 aliphatic heterocycles. The van der Waals surface area contributed by atoms with Crippen molar-refractivity contribution in [2.75, 3.05) is 53.5 Å². The Bertz CT molecular complexity index is 2710. The Morgan fingerprint density at radius 1 is 0.585 bits per heavy atom. The molecule has 12 heteroatoms. The van der Waals surface area contributed by atoms with E-state index in [0.717, 1.165) is 134 Å². The molecule has 5 aromatic carbocycles. The Balaban J connectivity index is 0.000000181. The topological polar surface area (TPSA) is 150 Å². The number of phenolic OH excluding ortho intramolecular Hbond substituents is 1. The fraction of sp³-hybridized carbons (Fsp3) is 0.321. The van der Waals surface area contributed by atoms with Crippen molar-refractivity contribution < 1.29 is 28.9 Å². The van der Waals surface area contributed by atoms with Crippen molar-refractivity contribution in [3.05, 3.63) is 155 Å². The highest BCUT2D eigenvalue weighted by Crippen LogP contribution is 2.34. The molecule has 2 fully saturated rings. The first-order chi connectivity index (χ1) is 31.7. The highest BCUT2D eigenvalue weighted by molar-refractivity contribution is 5.97. The largest absolute Gasteiger partial charge is 0.508 e. The lowest BCUT2D eigenvalue weighted by Gasteiger charge is -2.33. The van der Waals surface area contributed by atoms with Gasteiger partial charge < -0.3 is 49.7 Å². The SMILES string of the molecule is COc1cccc(O)c1CCN1CCC(n2ccc3ccc(C(N)=O)cc32)CC1.COc1cccc(OCc2ccccc2)c1CCN1CCC(n2ccc3ccc(C(N)=O)cc32)CC1. The second-order valence-corrected chi connectivity index (χ2v) is 17.0. The molecule has 0 spiro atoms. The summed E-state index contributed by atoms with van der Waals surface area (Å²) in [6, 6.07) is 38.0. The van der Waals surface area contributed by atoms with E-state index in [4.69, 9.17) is 25.7 Å². The Morgan fingerprint density at radius 2 is 1.06 bits per heavy atom. The minimum atomic E-state index is -0.394. The molecule has 9 rings (SSSR count). The lowest BCUT2D eigenvalue weighted by atomic mass is 10.0. The number of hydrogen-bond acceptors (Lipinski definition) is 8. The van der Waals surface area contributed by atoms with Crippen molar-refractivity contribution in [2.24, 2.45) is 11.5 Å². The molecule has 0 bridgehead atoms. The molecule has 0 atom stereocenters. The molecule has 0 radical (unpaired) electrons. The number of carbonyl (C=O) groups is 2. The number of aromatic hydroxyl groups is 1. The predicted octanol–water partition coefficient (Wildman–Crippen LogP) is 8.54. The zero-order chi connectivity index (χ0) is 45.3. The third-order valence-corrected chi connectivity index (χ3v) is 13.1. The van der Waals surface area contributed by atoms with Gasteiger partial charge in [-0.2, -0.15) is 0 Å². The van der Waals surface area contributed by atoms with Crippen LogP contribution in [0, 0.1) is 0 Å². The minimum Gasteiger partial charge on any atom is -0.508 e. The van der Waals surface area contributed by atoms with Gasteiger partial charge in [-0.15, -0.1) is 0 Å². The Hall–Kier alpha value is -6.76. The number of ether oxygens (including phenoxy) is 3. The number of fused-ring (bicyclic) bond motifs is 2. The third kappa shape index (κ3) is 10.6. The van der Waals surface area contributed by atoms with Crippen LogP contribution >= 0.6 is 0 Å². The molecule has 338 valence electrons. The molecular weight excluding hydrogens is 817 g/mol. The molecule has 5 N–H and O–H groups in total. The molecular formula is C53H60N6O6. The van der Waals surface area contributed by atoms with Gasteiger partial charge in [0, 0.05) is 97.0 Å². The van der Waals surface area contributed by atoms with E-state index in [-0.39, 0.29) is 5.91 Å². The second-order valence-electron chi connectivity index (χ2n) is 17.0. The average molecular weight is 877 g/mol. The van der Waals surface area contributed by atoms with E-state index in [0.29, 0.717) is 35.6 Å². The Morgan fingerprint density at radius 3 is 1.57 bits per heavy atom. The maximum atomic E-state index is 11.7. The molecule has 2 aliphatic rings. The molecule has 2 aromatic heterocycles. The zero-order valence-electron chi connectivity index (χ0n) is 37.4. The van der Waals surface area contributed by atoms with Crippen molar-refractivity contribution >= 4 is 33.6 Å². The van der Waals surface area contributed by atoms with Gasteiger partial charge in [0.2, 0.25) is 11.8 Å². The number of piperidine rings is 2. The number of nitrogens with two attached hydrogens (primary N) is 2. The third-order valence-electron chi connectivity index (χ3n) is 13.1. The molecule has 65 heavy (non-hydrogen) atoms. The first-order valence-corrected chi connectivity index (χ1v) is 22.6. The van der Waals surface area contributed by atoms with E-state index in [9.17, 15) is 14.7 Å². The van der Waals surface area contributed by atoms with E-state index in [1.54, 1.807) is 38.5 Å². The van der Waals surface area contributed by atoms with Gasteiger partial charge in [0.1, 0.15) is 29.6 Å². The molecule has 2 amide bonds. The number of rotatable bonds is 15. The molecule has 0 unspecified atom stereocenters. The van der Waals surface area contributed by atoms with Crippen molar-refractivity contribution in [3.8, 4) is 23.0 Å².